The second-order valence-electron chi connectivity index (χ2n) is 6.48. The van der Waals surface area contributed by atoms with Gasteiger partial charge in [0.05, 0.1) is 11.7 Å². The van der Waals surface area contributed by atoms with E-state index in [1.54, 1.807) is 6.20 Å². The molecule has 1 amide bonds. The molecule has 7 nitrogen and oxygen atoms in total. The third-order valence-electron chi connectivity index (χ3n) is 3.43. The van der Waals surface area contributed by atoms with Gasteiger partial charge in [-0.25, -0.2) is 0 Å². The Morgan fingerprint density at radius 2 is 2.17 bits per heavy atom. The zero-order valence-corrected chi connectivity index (χ0v) is 13.4. The molecule has 2 aromatic heterocycles. The van der Waals surface area contributed by atoms with Crippen molar-refractivity contribution in [2.24, 2.45) is 0 Å². The Morgan fingerprint density at radius 1 is 1.35 bits per heavy atom. The number of hydrogen-bond donors (Lipinski definition) is 2. The number of benzene rings is 1. The molecule has 2 N–H and O–H groups in total. The van der Waals surface area contributed by atoms with Crippen LogP contribution < -0.4 is 5.32 Å². The lowest BCUT2D eigenvalue weighted by molar-refractivity contribution is -0.116. The molecule has 120 valence electrons. The lowest BCUT2D eigenvalue weighted by Crippen LogP contribution is -2.14. The summed E-state index contributed by atoms with van der Waals surface area (Å²) < 4.78 is 5.18. The number of aromatic amines is 1. The number of fused-ring (bicyclic) bond motifs is 1. The third kappa shape index (κ3) is 3.56. The summed E-state index contributed by atoms with van der Waals surface area (Å²) >= 11 is 0. The average molecular weight is 313 g/mol. The molecule has 0 unspecified atom stereocenters. The fraction of sp³-hybridized carbons (Fsp3) is 0.375. The highest BCUT2D eigenvalue weighted by molar-refractivity contribution is 5.93. The number of carbonyl (C=O) groups is 1. The molecule has 7 heteroatoms. The first-order valence-corrected chi connectivity index (χ1v) is 7.48. The molecule has 0 atom stereocenters. The summed E-state index contributed by atoms with van der Waals surface area (Å²) in [5.41, 5.74) is 1.45. The van der Waals surface area contributed by atoms with Gasteiger partial charge in [0, 0.05) is 29.3 Å². The van der Waals surface area contributed by atoms with Crippen LogP contribution in [0.3, 0.4) is 0 Å². The summed E-state index contributed by atoms with van der Waals surface area (Å²) in [7, 11) is 0. The molecule has 0 spiro atoms. The van der Waals surface area contributed by atoms with Crippen LogP contribution in [0.15, 0.2) is 28.9 Å². The van der Waals surface area contributed by atoms with E-state index in [0.29, 0.717) is 18.1 Å². The number of H-pyrrole nitrogens is 1. The second kappa shape index (κ2) is 5.83. The van der Waals surface area contributed by atoms with Gasteiger partial charge in [-0.3, -0.25) is 9.89 Å². The van der Waals surface area contributed by atoms with Crippen molar-refractivity contribution >= 4 is 22.5 Å². The van der Waals surface area contributed by atoms with Crippen LogP contribution in [0.4, 0.5) is 5.69 Å². The number of nitrogens with zero attached hydrogens (tertiary/aromatic N) is 3. The largest absolute Gasteiger partial charge is 0.339 e. The van der Waals surface area contributed by atoms with E-state index in [9.17, 15) is 4.79 Å². The number of hydrogen-bond acceptors (Lipinski definition) is 5. The monoisotopic (exact) mass is 313 g/mol. The zero-order chi connectivity index (χ0) is 16.4. The van der Waals surface area contributed by atoms with E-state index in [1.807, 2.05) is 39.0 Å². The predicted octanol–water partition coefficient (Wildman–Crippen LogP) is 2.81. The smallest absolute Gasteiger partial charge is 0.227 e. The molecular weight excluding hydrogens is 294 g/mol. The molecule has 1 aromatic carbocycles. The van der Waals surface area contributed by atoms with Crippen LogP contribution in [-0.4, -0.2) is 26.2 Å². The van der Waals surface area contributed by atoms with Gasteiger partial charge in [0.25, 0.3) is 0 Å². The number of amides is 1. The second-order valence-corrected chi connectivity index (χ2v) is 6.48. The minimum atomic E-state index is -0.163. The SMILES string of the molecule is CC(C)(C)c1noc(CCC(=O)Nc2ccc3cn[nH]c3c2)n1. The average Bonchev–Trinajstić information content (AvgIpc) is 3.13. The molecular formula is C16H19N5O2. The number of aryl methyl sites for hydroxylation is 1. The van der Waals surface area contributed by atoms with Gasteiger partial charge in [-0.1, -0.05) is 25.9 Å². The number of anilines is 1. The summed E-state index contributed by atoms with van der Waals surface area (Å²) in [5, 5.41) is 14.6. The van der Waals surface area contributed by atoms with E-state index >= 15 is 0 Å². The fourth-order valence-corrected chi connectivity index (χ4v) is 2.12. The Morgan fingerprint density at radius 3 is 2.91 bits per heavy atom. The van der Waals surface area contributed by atoms with Crippen molar-refractivity contribution < 1.29 is 9.32 Å². The molecule has 0 fully saturated rings. The number of rotatable bonds is 4. The maximum absolute atomic E-state index is 12.0. The van der Waals surface area contributed by atoms with Crippen molar-refractivity contribution in [1.29, 1.82) is 0 Å². The summed E-state index contributed by atoms with van der Waals surface area (Å²) in [4.78, 5) is 16.4. The van der Waals surface area contributed by atoms with Gasteiger partial charge in [0.1, 0.15) is 0 Å². The molecule has 0 saturated carbocycles. The summed E-state index contributed by atoms with van der Waals surface area (Å²) in [6.07, 6.45) is 2.44. The lowest BCUT2D eigenvalue weighted by Gasteiger charge is -2.10. The molecule has 2 heterocycles. The molecule has 3 rings (SSSR count). The third-order valence-corrected chi connectivity index (χ3v) is 3.43. The van der Waals surface area contributed by atoms with Gasteiger partial charge < -0.3 is 9.84 Å². The van der Waals surface area contributed by atoms with Crippen molar-refractivity contribution in [2.45, 2.75) is 39.0 Å². The maximum Gasteiger partial charge on any atom is 0.227 e. The Labute approximate surface area is 133 Å². The van der Waals surface area contributed by atoms with Crippen molar-refractivity contribution in [3.63, 3.8) is 0 Å². The van der Waals surface area contributed by atoms with Crippen LogP contribution in [0.2, 0.25) is 0 Å². The van der Waals surface area contributed by atoms with Crippen LogP contribution in [-0.2, 0) is 16.6 Å². The van der Waals surface area contributed by atoms with E-state index in [0.717, 1.165) is 16.6 Å². The van der Waals surface area contributed by atoms with Crippen LogP contribution in [0.1, 0.15) is 38.9 Å². The van der Waals surface area contributed by atoms with E-state index in [1.165, 1.54) is 0 Å². The normalized spacial score (nSPS) is 11.8. The highest BCUT2D eigenvalue weighted by Crippen LogP contribution is 2.19. The topological polar surface area (TPSA) is 96.7 Å². The maximum atomic E-state index is 12.0. The van der Waals surface area contributed by atoms with Crippen molar-refractivity contribution in [2.75, 3.05) is 5.32 Å². The molecule has 0 aliphatic rings. The van der Waals surface area contributed by atoms with E-state index in [-0.39, 0.29) is 17.7 Å². The van der Waals surface area contributed by atoms with E-state index in [4.69, 9.17) is 4.52 Å². The molecule has 3 aromatic rings. The molecule has 0 bridgehead atoms. The van der Waals surface area contributed by atoms with Crippen LogP contribution in [0.5, 0.6) is 0 Å². The first-order valence-electron chi connectivity index (χ1n) is 7.48. The Balaban J connectivity index is 1.58. The van der Waals surface area contributed by atoms with Crippen LogP contribution in [0.25, 0.3) is 10.9 Å². The molecule has 23 heavy (non-hydrogen) atoms. The van der Waals surface area contributed by atoms with Gasteiger partial charge in [-0.2, -0.15) is 10.1 Å². The van der Waals surface area contributed by atoms with Gasteiger partial charge >= 0.3 is 0 Å². The first kappa shape index (κ1) is 15.2. The Kier molecular flexibility index (Phi) is 3.85. The van der Waals surface area contributed by atoms with Crippen molar-refractivity contribution in [1.82, 2.24) is 20.3 Å². The Hall–Kier alpha value is -2.70. The summed E-state index contributed by atoms with van der Waals surface area (Å²) in [5.74, 6) is 1.03. The molecule has 0 aliphatic heterocycles. The van der Waals surface area contributed by atoms with Gasteiger partial charge in [-0.15, -0.1) is 0 Å². The van der Waals surface area contributed by atoms with Gasteiger partial charge in [0.15, 0.2) is 5.82 Å². The highest BCUT2D eigenvalue weighted by Gasteiger charge is 2.21. The van der Waals surface area contributed by atoms with Crippen molar-refractivity contribution in [3.05, 3.63) is 36.1 Å². The standard InChI is InChI=1S/C16H19N5O2/c1-16(2,3)15-19-14(23-21-15)7-6-13(22)18-11-5-4-10-9-17-20-12(10)8-11/h4-5,8-9H,6-7H2,1-3H3,(H,17,20)(H,18,22). The number of aromatic nitrogens is 4. The quantitative estimate of drug-likeness (QED) is 0.772. The van der Waals surface area contributed by atoms with E-state index < -0.39 is 0 Å². The van der Waals surface area contributed by atoms with Crippen molar-refractivity contribution in [3.8, 4) is 0 Å². The molecule has 0 saturated heterocycles. The first-order chi connectivity index (χ1) is 10.9. The zero-order valence-electron chi connectivity index (χ0n) is 13.4. The molecule has 0 radical (unpaired) electrons. The minimum Gasteiger partial charge on any atom is -0.339 e. The van der Waals surface area contributed by atoms with Gasteiger partial charge in [0.2, 0.25) is 11.8 Å². The number of carbonyl (C=O) groups excluding carboxylic acids is 1. The van der Waals surface area contributed by atoms with Crippen LogP contribution in [0, 0.1) is 0 Å². The Bertz CT molecular complexity index is 828. The summed E-state index contributed by atoms with van der Waals surface area (Å²) in [6.45, 7) is 6.04. The fourth-order valence-electron chi connectivity index (χ4n) is 2.12. The van der Waals surface area contributed by atoms with Gasteiger partial charge in [-0.05, 0) is 18.2 Å². The highest BCUT2D eigenvalue weighted by atomic mass is 16.5. The predicted molar refractivity (Wildman–Crippen MR) is 86.0 cm³/mol. The minimum absolute atomic E-state index is 0.0978. The van der Waals surface area contributed by atoms with E-state index in [2.05, 4.69) is 25.7 Å². The number of nitrogens with one attached hydrogen (secondary N) is 2. The summed E-state index contributed by atoms with van der Waals surface area (Å²) in [6, 6.07) is 5.60. The molecule has 0 aliphatic carbocycles. The lowest BCUT2D eigenvalue weighted by atomic mass is 9.96. The van der Waals surface area contributed by atoms with Crippen LogP contribution >= 0.6 is 0 Å².